The molecule has 0 spiro atoms. The van der Waals surface area contributed by atoms with Crippen LogP contribution in [0.4, 0.5) is 15.8 Å². The van der Waals surface area contributed by atoms with E-state index in [-0.39, 0.29) is 17.4 Å². The molecule has 1 aromatic carbocycles. The van der Waals surface area contributed by atoms with Gasteiger partial charge in [-0.3, -0.25) is 14.8 Å². The Balaban J connectivity index is 2.33. The Morgan fingerprint density at radius 3 is 2.79 bits per heavy atom. The largest absolute Gasteiger partial charge is 0.369 e. The molecular weight excluding hydrogens is 251 g/mol. The first-order chi connectivity index (χ1) is 9.00. The number of hydrogen-bond acceptors (Lipinski definition) is 4. The molecule has 100 valence electrons. The van der Waals surface area contributed by atoms with Gasteiger partial charge in [-0.2, -0.15) is 5.10 Å². The van der Waals surface area contributed by atoms with Crippen LogP contribution in [0.3, 0.4) is 0 Å². The number of hydrogen-bond donors (Lipinski definition) is 1. The van der Waals surface area contributed by atoms with Gasteiger partial charge in [0.05, 0.1) is 16.7 Å². The standard InChI is InChI=1S/C12H13FN4O2/c1-8(10-6-7-14-16(10)2)15-12-9(13)4-3-5-11(12)17(18)19/h3-8,15H,1-2H3. The number of anilines is 1. The van der Waals surface area contributed by atoms with Gasteiger partial charge in [-0.15, -0.1) is 0 Å². The fourth-order valence-corrected chi connectivity index (χ4v) is 1.91. The summed E-state index contributed by atoms with van der Waals surface area (Å²) in [5.41, 5.74) is 0.410. The average molecular weight is 264 g/mol. The maximum Gasteiger partial charge on any atom is 0.295 e. The summed E-state index contributed by atoms with van der Waals surface area (Å²) >= 11 is 0. The summed E-state index contributed by atoms with van der Waals surface area (Å²) in [5.74, 6) is -0.650. The van der Waals surface area contributed by atoms with Crippen molar-refractivity contribution in [2.75, 3.05) is 5.32 Å². The molecule has 2 aromatic rings. The van der Waals surface area contributed by atoms with Crippen molar-refractivity contribution in [3.05, 3.63) is 52.1 Å². The zero-order chi connectivity index (χ0) is 14.0. The molecule has 1 atom stereocenters. The third-order valence-corrected chi connectivity index (χ3v) is 2.85. The summed E-state index contributed by atoms with van der Waals surface area (Å²) in [7, 11) is 1.75. The lowest BCUT2D eigenvalue weighted by molar-refractivity contribution is -0.384. The Morgan fingerprint density at radius 2 is 2.21 bits per heavy atom. The highest BCUT2D eigenvalue weighted by molar-refractivity contribution is 5.62. The van der Waals surface area contributed by atoms with Gasteiger partial charge >= 0.3 is 0 Å². The molecule has 0 aliphatic rings. The predicted octanol–water partition coefficient (Wildman–Crippen LogP) is 2.64. The molecule has 19 heavy (non-hydrogen) atoms. The fraction of sp³-hybridized carbons (Fsp3) is 0.250. The van der Waals surface area contributed by atoms with Crippen molar-refractivity contribution in [2.45, 2.75) is 13.0 Å². The van der Waals surface area contributed by atoms with E-state index in [0.29, 0.717) is 0 Å². The number of aromatic nitrogens is 2. The van der Waals surface area contributed by atoms with Crippen LogP contribution < -0.4 is 5.32 Å². The second-order valence-electron chi connectivity index (χ2n) is 4.14. The highest BCUT2D eigenvalue weighted by Crippen LogP contribution is 2.30. The Hall–Kier alpha value is -2.44. The monoisotopic (exact) mass is 264 g/mol. The summed E-state index contributed by atoms with van der Waals surface area (Å²) in [6.07, 6.45) is 1.61. The summed E-state index contributed by atoms with van der Waals surface area (Å²) in [4.78, 5) is 10.3. The van der Waals surface area contributed by atoms with Crippen molar-refractivity contribution in [1.29, 1.82) is 0 Å². The molecule has 0 bridgehead atoms. The smallest absolute Gasteiger partial charge is 0.295 e. The molecule has 0 saturated heterocycles. The number of nitrogens with zero attached hydrogens (tertiary/aromatic N) is 3. The fourth-order valence-electron chi connectivity index (χ4n) is 1.91. The molecule has 6 nitrogen and oxygen atoms in total. The van der Waals surface area contributed by atoms with Crippen LogP contribution in [0.25, 0.3) is 0 Å². The van der Waals surface area contributed by atoms with Crippen LogP contribution in [-0.2, 0) is 7.05 Å². The van der Waals surface area contributed by atoms with E-state index in [0.717, 1.165) is 5.69 Å². The Labute approximate surface area is 109 Å². The molecule has 0 radical (unpaired) electrons. The van der Waals surface area contributed by atoms with Gasteiger partial charge in [0.1, 0.15) is 5.69 Å². The van der Waals surface area contributed by atoms with E-state index in [1.807, 2.05) is 0 Å². The molecule has 0 fully saturated rings. The number of rotatable bonds is 4. The van der Waals surface area contributed by atoms with Crippen molar-refractivity contribution >= 4 is 11.4 Å². The van der Waals surface area contributed by atoms with Gasteiger partial charge < -0.3 is 5.32 Å². The van der Waals surface area contributed by atoms with Crippen LogP contribution in [0.5, 0.6) is 0 Å². The SMILES string of the molecule is CC(Nc1c(F)cccc1[N+](=O)[O-])c1ccnn1C. The lowest BCUT2D eigenvalue weighted by atomic mass is 10.2. The highest BCUT2D eigenvalue weighted by atomic mass is 19.1. The Kier molecular flexibility index (Phi) is 3.46. The highest BCUT2D eigenvalue weighted by Gasteiger charge is 2.20. The summed E-state index contributed by atoms with van der Waals surface area (Å²) in [6.45, 7) is 1.78. The first-order valence-electron chi connectivity index (χ1n) is 5.68. The van der Waals surface area contributed by atoms with Crippen molar-refractivity contribution < 1.29 is 9.31 Å². The number of nitro benzene ring substituents is 1. The second-order valence-corrected chi connectivity index (χ2v) is 4.14. The Bertz CT molecular complexity index is 612. The van der Waals surface area contributed by atoms with Crippen LogP contribution in [0.15, 0.2) is 30.5 Å². The third kappa shape index (κ3) is 2.54. The summed E-state index contributed by atoms with van der Waals surface area (Å²) < 4.78 is 15.4. The first kappa shape index (κ1) is 13.0. The number of nitro groups is 1. The van der Waals surface area contributed by atoms with Crippen molar-refractivity contribution in [1.82, 2.24) is 9.78 Å². The normalized spacial score (nSPS) is 12.2. The molecule has 2 rings (SSSR count). The predicted molar refractivity (Wildman–Crippen MR) is 68.3 cm³/mol. The second kappa shape index (κ2) is 5.05. The van der Waals surface area contributed by atoms with Crippen molar-refractivity contribution in [2.24, 2.45) is 7.05 Å². The summed E-state index contributed by atoms with van der Waals surface area (Å²) in [6, 6.07) is 5.23. The zero-order valence-electron chi connectivity index (χ0n) is 10.5. The van der Waals surface area contributed by atoms with E-state index >= 15 is 0 Å². The molecule has 7 heteroatoms. The van der Waals surface area contributed by atoms with E-state index in [1.54, 1.807) is 30.9 Å². The lowest BCUT2D eigenvalue weighted by Crippen LogP contribution is -2.13. The topological polar surface area (TPSA) is 73.0 Å². The van der Waals surface area contributed by atoms with Gasteiger partial charge in [0.25, 0.3) is 5.69 Å². The van der Waals surface area contributed by atoms with Crippen molar-refractivity contribution in [3.8, 4) is 0 Å². The molecule has 0 aliphatic carbocycles. The number of aryl methyl sites for hydroxylation is 1. The van der Waals surface area contributed by atoms with Crippen LogP contribution in [0, 0.1) is 15.9 Å². The number of para-hydroxylation sites is 1. The maximum absolute atomic E-state index is 13.7. The average Bonchev–Trinajstić information content (AvgIpc) is 2.77. The molecular formula is C12H13FN4O2. The molecule has 0 saturated carbocycles. The number of nitrogens with one attached hydrogen (secondary N) is 1. The van der Waals surface area contributed by atoms with E-state index in [9.17, 15) is 14.5 Å². The molecule has 0 aliphatic heterocycles. The van der Waals surface area contributed by atoms with Crippen LogP contribution >= 0.6 is 0 Å². The van der Waals surface area contributed by atoms with Gasteiger partial charge in [0.15, 0.2) is 5.82 Å². The molecule has 1 aromatic heterocycles. The minimum atomic E-state index is -0.650. The number of halogens is 1. The minimum Gasteiger partial charge on any atom is -0.369 e. The van der Waals surface area contributed by atoms with E-state index in [4.69, 9.17) is 0 Å². The maximum atomic E-state index is 13.7. The van der Waals surface area contributed by atoms with Gasteiger partial charge in [-0.25, -0.2) is 4.39 Å². The van der Waals surface area contributed by atoms with E-state index in [1.165, 1.54) is 18.2 Å². The quantitative estimate of drug-likeness (QED) is 0.680. The lowest BCUT2D eigenvalue weighted by Gasteiger charge is -2.16. The molecule has 1 N–H and O–H groups in total. The molecule has 1 unspecified atom stereocenters. The van der Waals surface area contributed by atoms with Gasteiger partial charge in [0.2, 0.25) is 0 Å². The van der Waals surface area contributed by atoms with Crippen LogP contribution in [0.1, 0.15) is 18.7 Å². The van der Waals surface area contributed by atoms with Crippen LogP contribution in [-0.4, -0.2) is 14.7 Å². The number of benzene rings is 1. The summed E-state index contributed by atoms with van der Waals surface area (Å²) in [5, 5.41) is 17.7. The van der Waals surface area contributed by atoms with E-state index in [2.05, 4.69) is 10.4 Å². The Morgan fingerprint density at radius 1 is 1.47 bits per heavy atom. The molecule has 0 amide bonds. The van der Waals surface area contributed by atoms with Gasteiger partial charge in [-0.05, 0) is 19.1 Å². The van der Waals surface area contributed by atoms with Crippen molar-refractivity contribution in [3.63, 3.8) is 0 Å². The minimum absolute atomic E-state index is 0.110. The van der Waals surface area contributed by atoms with Gasteiger partial charge in [0, 0.05) is 19.3 Å². The molecule has 1 heterocycles. The van der Waals surface area contributed by atoms with E-state index < -0.39 is 10.7 Å². The van der Waals surface area contributed by atoms with Gasteiger partial charge in [-0.1, -0.05) is 6.07 Å². The first-order valence-corrected chi connectivity index (χ1v) is 5.68. The third-order valence-electron chi connectivity index (χ3n) is 2.85. The zero-order valence-corrected chi connectivity index (χ0v) is 10.5. The van der Waals surface area contributed by atoms with Crippen LogP contribution in [0.2, 0.25) is 0 Å².